The fraction of sp³-hybridized carbons (Fsp3) is 0.278. The van der Waals surface area contributed by atoms with Gasteiger partial charge in [0.2, 0.25) is 15.9 Å². The number of sulfonamides is 1. The zero-order valence-corrected chi connectivity index (χ0v) is 17.3. The average Bonchev–Trinajstić information content (AvgIpc) is 2.64. The van der Waals surface area contributed by atoms with Crippen LogP contribution in [0.15, 0.2) is 51.8 Å². The molecule has 1 heterocycles. The van der Waals surface area contributed by atoms with Gasteiger partial charge in [0.05, 0.1) is 10.6 Å². The summed E-state index contributed by atoms with van der Waals surface area (Å²) in [6, 6.07) is 9.24. The summed E-state index contributed by atoms with van der Waals surface area (Å²) in [6.45, 7) is 0.236. The number of nitrogens with zero attached hydrogens (tertiary/aromatic N) is 1. The largest absolute Gasteiger partial charge is 0.322 e. The molecular formula is C18H17BrClFN2O3S. The van der Waals surface area contributed by atoms with Crippen molar-refractivity contribution in [3.8, 4) is 0 Å². The van der Waals surface area contributed by atoms with Crippen molar-refractivity contribution in [2.24, 2.45) is 0 Å². The zero-order chi connectivity index (χ0) is 19.6. The molecule has 3 rings (SSSR count). The molecular weight excluding hydrogens is 459 g/mol. The number of rotatable bonds is 4. The number of carbonyl (C=O) groups excluding carboxylic acids is 1. The van der Waals surface area contributed by atoms with Crippen molar-refractivity contribution >= 4 is 49.1 Å². The van der Waals surface area contributed by atoms with Crippen molar-refractivity contribution in [2.75, 3.05) is 11.9 Å². The molecule has 1 aliphatic rings. The second-order valence-electron chi connectivity index (χ2n) is 6.19. The molecule has 2 aromatic rings. The summed E-state index contributed by atoms with van der Waals surface area (Å²) in [5.74, 6) is -1.23. The Kier molecular flexibility index (Phi) is 6.20. The van der Waals surface area contributed by atoms with Crippen LogP contribution in [0.4, 0.5) is 10.1 Å². The van der Waals surface area contributed by atoms with Crippen LogP contribution in [0.5, 0.6) is 0 Å². The summed E-state index contributed by atoms with van der Waals surface area (Å²) in [6.07, 6.45) is 1.75. The summed E-state index contributed by atoms with van der Waals surface area (Å²) >= 11 is 9.00. The number of halogens is 3. The Bertz CT molecular complexity index is 954. The van der Waals surface area contributed by atoms with Crippen LogP contribution in [0.1, 0.15) is 19.3 Å². The molecule has 0 aromatic heterocycles. The lowest BCUT2D eigenvalue weighted by Crippen LogP contribution is -2.49. The standard InChI is InChI=1S/C18H17BrClFN2O3S/c19-12-4-7-14(8-5-12)27(25,26)23-10-2-1-3-17(23)18(24)22-16-9-6-13(20)11-15(16)21/h4-9,11,17H,1-3,10H2,(H,22,24)/t17-/m0/s1. The fourth-order valence-electron chi connectivity index (χ4n) is 3.00. The SMILES string of the molecule is O=C(Nc1ccc(Cl)cc1F)[C@@H]1CCCCN1S(=O)(=O)c1ccc(Br)cc1. The molecule has 0 saturated carbocycles. The van der Waals surface area contributed by atoms with Gasteiger partial charge in [0, 0.05) is 16.0 Å². The second-order valence-corrected chi connectivity index (χ2v) is 9.44. The molecule has 1 amide bonds. The third-order valence-electron chi connectivity index (χ3n) is 4.37. The zero-order valence-electron chi connectivity index (χ0n) is 14.2. The quantitative estimate of drug-likeness (QED) is 0.712. The van der Waals surface area contributed by atoms with E-state index in [0.717, 1.165) is 10.5 Å². The summed E-state index contributed by atoms with van der Waals surface area (Å²) in [7, 11) is -3.85. The molecule has 0 spiro atoms. The number of hydrogen-bond acceptors (Lipinski definition) is 3. The van der Waals surface area contributed by atoms with Gasteiger partial charge in [0.15, 0.2) is 0 Å². The van der Waals surface area contributed by atoms with Gasteiger partial charge >= 0.3 is 0 Å². The van der Waals surface area contributed by atoms with E-state index in [2.05, 4.69) is 21.2 Å². The maximum atomic E-state index is 14.0. The summed E-state index contributed by atoms with van der Waals surface area (Å²) < 4.78 is 42.0. The monoisotopic (exact) mass is 474 g/mol. The van der Waals surface area contributed by atoms with Crippen LogP contribution < -0.4 is 5.32 Å². The molecule has 1 N–H and O–H groups in total. The molecule has 1 atom stereocenters. The van der Waals surface area contributed by atoms with Gasteiger partial charge in [-0.2, -0.15) is 4.31 Å². The third kappa shape index (κ3) is 4.51. The van der Waals surface area contributed by atoms with Crippen molar-refractivity contribution in [1.29, 1.82) is 0 Å². The first-order chi connectivity index (χ1) is 12.8. The number of anilines is 1. The topological polar surface area (TPSA) is 66.5 Å². The van der Waals surface area contributed by atoms with E-state index in [1.807, 2.05) is 0 Å². The van der Waals surface area contributed by atoms with Crippen LogP contribution in [-0.2, 0) is 14.8 Å². The van der Waals surface area contributed by atoms with Gasteiger partial charge in [-0.05, 0) is 55.3 Å². The third-order valence-corrected chi connectivity index (χ3v) is 7.05. The molecule has 0 radical (unpaired) electrons. The molecule has 5 nitrogen and oxygen atoms in total. The number of benzene rings is 2. The Morgan fingerprint density at radius 1 is 1.19 bits per heavy atom. The number of amides is 1. The molecule has 1 aliphatic heterocycles. The molecule has 1 saturated heterocycles. The van der Waals surface area contributed by atoms with Gasteiger partial charge in [0.25, 0.3) is 0 Å². The van der Waals surface area contributed by atoms with Crippen LogP contribution in [0.3, 0.4) is 0 Å². The Labute approximate surface area is 170 Å². The van der Waals surface area contributed by atoms with Crippen molar-refractivity contribution in [3.05, 3.63) is 57.8 Å². The highest BCUT2D eigenvalue weighted by Crippen LogP contribution is 2.28. The van der Waals surface area contributed by atoms with Crippen molar-refractivity contribution in [2.45, 2.75) is 30.2 Å². The molecule has 0 aliphatic carbocycles. The van der Waals surface area contributed by atoms with Gasteiger partial charge < -0.3 is 5.32 Å². The van der Waals surface area contributed by atoms with E-state index in [9.17, 15) is 17.6 Å². The van der Waals surface area contributed by atoms with Crippen molar-refractivity contribution in [1.82, 2.24) is 4.31 Å². The molecule has 2 aromatic carbocycles. The minimum atomic E-state index is -3.85. The van der Waals surface area contributed by atoms with Crippen molar-refractivity contribution in [3.63, 3.8) is 0 Å². The number of hydrogen-bond donors (Lipinski definition) is 1. The Morgan fingerprint density at radius 2 is 1.89 bits per heavy atom. The van der Waals surface area contributed by atoms with Gasteiger partial charge in [-0.25, -0.2) is 12.8 Å². The van der Waals surface area contributed by atoms with Crippen LogP contribution >= 0.6 is 27.5 Å². The van der Waals surface area contributed by atoms with E-state index in [1.54, 1.807) is 12.1 Å². The van der Waals surface area contributed by atoms with Crippen LogP contribution in [0, 0.1) is 5.82 Å². The highest BCUT2D eigenvalue weighted by molar-refractivity contribution is 9.10. The molecule has 9 heteroatoms. The first-order valence-electron chi connectivity index (χ1n) is 8.32. The predicted octanol–water partition coefficient (Wildman–Crippen LogP) is 4.42. The molecule has 27 heavy (non-hydrogen) atoms. The summed E-state index contributed by atoms with van der Waals surface area (Å²) in [5.41, 5.74) is -0.0315. The van der Waals surface area contributed by atoms with Crippen LogP contribution in [0.2, 0.25) is 5.02 Å². The van der Waals surface area contributed by atoms with Crippen LogP contribution in [-0.4, -0.2) is 31.2 Å². The van der Waals surface area contributed by atoms with Crippen LogP contribution in [0.25, 0.3) is 0 Å². The Morgan fingerprint density at radius 3 is 2.56 bits per heavy atom. The van der Waals surface area contributed by atoms with E-state index in [-0.39, 0.29) is 22.2 Å². The summed E-state index contributed by atoms with van der Waals surface area (Å²) in [4.78, 5) is 12.8. The minimum Gasteiger partial charge on any atom is -0.322 e. The molecule has 0 bridgehead atoms. The number of nitrogens with one attached hydrogen (secondary N) is 1. The maximum Gasteiger partial charge on any atom is 0.243 e. The number of piperidine rings is 1. The van der Waals surface area contributed by atoms with E-state index in [0.29, 0.717) is 19.3 Å². The Hall–Kier alpha value is -1.48. The van der Waals surface area contributed by atoms with E-state index < -0.39 is 27.8 Å². The molecule has 144 valence electrons. The Balaban J connectivity index is 1.86. The minimum absolute atomic E-state index is 0.0315. The van der Waals surface area contributed by atoms with Crippen molar-refractivity contribution < 1.29 is 17.6 Å². The first-order valence-corrected chi connectivity index (χ1v) is 10.9. The lowest BCUT2D eigenvalue weighted by Gasteiger charge is -2.33. The normalized spacial score (nSPS) is 18.3. The van der Waals surface area contributed by atoms with E-state index in [4.69, 9.17) is 11.6 Å². The predicted molar refractivity (Wildman–Crippen MR) is 106 cm³/mol. The van der Waals surface area contributed by atoms with Gasteiger partial charge in [-0.15, -0.1) is 0 Å². The van der Waals surface area contributed by atoms with E-state index in [1.165, 1.54) is 28.6 Å². The average molecular weight is 476 g/mol. The summed E-state index contributed by atoms with van der Waals surface area (Å²) in [5, 5.41) is 2.69. The first kappa shape index (κ1) is 20.3. The van der Waals surface area contributed by atoms with Gasteiger partial charge in [-0.1, -0.05) is 34.0 Å². The van der Waals surface area contributed by atoms with Gasteiger partial charge in [-0.3, -0.25) is 4.79 Å². The second kappa shape index (κ2) is 8.26. The fourth-order valence-corrected chi connectivity index (χ4v) is 5.08. The lowest BCUT2D eigenvalue weighted by molar-refractivity contribution is -0.120. The number of carbonyl (C=O) groups is 1. The van der Waals surface area contributed by atoms with Gasteiger partial charge in [0.1, 0.15) is 11.9 Å². The lowest BCUT2D eigenvalue weighted by atomic mass is 10.0. The molecule has 0 unspecified atom stereocenters. The van der Waals surface area contributed by atoms with E-state index >= 15 is 0 Å². The highest BCUT2D eigenvalue weighted by atomic mass is 79.9. The smallest absolute Gasteiger partial charge is 0.243 e. The molecule has 1 fully saturated rings. The highest BCUT2D eigenvalue weighted by Gasteiger charge is 2.37. The maximum absolute atomic E-state index is 14.0.